The minimum absolute atomic E-state index is 0.0469. The van der Waals surface area contributed by atoms with Crippen LogP contribution in [0.2, 0.25) is 5.02 Å². The van der Waals surface area contributed by atoms with Crippen molar-refractivity contribution in [2.24, 2.45) is 5.92 Å². The van der Waals surface area contributed by atoms with Crippen molar-refractivity contribution in [1.29, 1.82) is 0 Å². The number of halogens is 2. The van der Waals surface area contributed by atoms with Crippen LogP contribution in [0.1, 0.15) is 41.3 Å². The highest BCUT2D eigenvalue weighted by Crippen LogP contribution is 2.44. The van der Waals surface area contributed by atoms with E-state index in [-0.39, 0.29) is 11.9 Å². The first kappa shape index (κ1) is 22.6. The number of thiazole rings is 1. The Labute approximate surface area is 198 Å². The zero-order valence-corrected chi connectivity index (χ0v) is 20.1. The minimum Gasteiger partial charge on any atom is -0.496 e. The number of aryl methyl sites for hydroxylation is 2. The van der Waals surface area contributed by atoms with Gasteiger partial charge in [0.1, 0.15) is 11.6 Å². The first-order valence-electron chi connectivity index (χ1n) is 10.7. The van der Waals surface area contributed by atoms with E-state index in [0.717, 1.165) is 44.6 Å². The predicted molar refractivity (Wildman–Crippen MR) is 131 cm³/mol. The number of benzene rings is 2. The standard InChI is InChI=1S/C26H26ClFN2OS/c1-5-12-30(23(14-18-6-7-18)19-8-10-20(28)11-9-19)26-29-25(17(3)32-26)21-13-16(2)24(31-4)15-22(21)27/h1,8-11,13,15,18,23H,6-7,12,14H2,2-4H3/t23-/m0/s1. The van der Waals surface area contributed by atoms with Crippen molar-refractivity contribution in [2.75, 3.05) is 18.6 Å². The molecular weight excluding hydrogens is 443 g/mol. The molecule has 0 aliphatic heterocycles. The molecule has 1 aliphatic carbocycles. The van der Waals surface area contributed by atoms with Crippen molar-refractivity contribution >= 4 is 28.1 Å². The van der Waals surface area contributed by atoms with Gasteiger partial charge in [-0.25, -0.2) is 9.37 Å². The first-order valence-corrected chi connectivity index (χ1v) is 11.9. The van der Waals surface area contributed by atoms with Gasteiger partial charge in [0.2, 0.25) is 0 Å². The smallest absolute Gasteiger partial charge is 0.187 e. The summed E-state index contributed by atoms with van der Waals surface area (Å²) in [6.45, 7) is 4.47. The summed E-state index contributed by atoms with van der Waals surface area (Å²) in [7, 11) is 1.64. The highest BCUT2D eigenvalue weighted by molar-refractivity contribution is 7.16. The zero-order valence-electron chi connectivity index (χ0n) is 18.5. The number of hydrogen-bond acceptors (Lipinski definition) is 4. The van der Waals surface area contributed by atoms with E-state index < -0.39 is 0 Å². The molecule has 1 fully saturated rings. The quantitative estimate of drug-likeness (QED) is 0.326. The van der Waals surface area contributed by atoms with Crippen molar-refractivity contribution in [3.8, 4) is 29.4 Å². The zero-order chi connectivity index (χ0) is 22.8. The number of terminal acetylenes is 1. The van der Waals surface area contributed by atoms with Crippen molar-refractivity contribution in [2.45, 2.75) is 39.2 Å². The molecule has 32 heavy (non-hydrogen) atoms. The summed E-state index contributed by atoms with van der Waals surface area (Å²) in [5, 5.41) is 1.46. The van der Waals surface area contributed by atoms with Gasteiger partial charge in [-0.1, -0.05) is 42.5 Å². The topological polar surface area (TPSA) is 25.4 Å². The molecule has 0 saturated heterocycles. The Morgan fingerprint density at radius 1 is 1.28 bits per heavy atom. The number of anilines is 1. The SMILES string of the molecule is C#CCN(c1nc(-c2cc(C)c(OC)cc2Cl)c(C)s1)[C@@H](CC1CC1)c1ccc(F)cc1. The van der Waals surface area contributed by atoms with E-state index in [4.69, 9.17) is 27.7 Å². The van der Waals surface area contributed by atoms with Crippen molar-refractivity contribution in [3.63, 3.8) is 0 Å². The fourth-order valence-corrected chi connectivity index (χ4v) is 5.24. The van der Waals surface area contributed by atoms with E-state index in [1.165, 1.54) is 25.0 Å². The van der Waals surface area contributed by atoms with Crippen LogP contribution in [0.25, 0.3) is 11.3 Å². The maximum atomic E-state index is 13.6. The molecule has 0 radical (unpaired) electrons. The van der Waals surface area contributed by atoms with Gasteiger partial charge in [0.25, 0.3) is 0 Å². The Bertz CT molecular complexity index is 1150. The van der Waals surface area contributed by atoms with Gasteiger partial charge < -0.3 is 9.64 Å². The predicted octanol–water partition coefficient (Wildman–Crippen LogP) is 7.21. The van der Waals surface area contributed by atoms with E-state index in [1.54, 1.807) is 18.4 Å². The van der Waals surface area contributed by atoms with Gasteiger partial charge in [-0.3, -0.25) is 0 Å². The third-order valence-electron chi connectivity index (χ3n) is 5.92. The Morgan fingerprint density at radius 2 is 2.00 bits per heavy atom. The fourth-order valence-electron chi connectivity index (χ4n) is 4.03. The summed E-state index contributed by atoms with van der Waals surface area (Å²) in [5.74, 6) is 3.99. The Balaban J connectivity index is 1.75. The van der Waals surface area contributed by atoms with E-state index in [2.05, 4.69) is 10.8 Å². The monoisotopic (exact) mass is 468 g/mol. The number of aromatic nitrogens is 1. The summed E-state index contributed by atoms with van der Waals surface area (Å²) in [6.07, 6.45) is 9.20. The molecule has 3 nitrogen and oxygen atoms in total. The maximum Gasteiger partial charge on any atom is 0.187 e. The van der Waals surface area contributed by atoms with Crippen LogP contribution >= 0.6 is 22.9 Å². The second-order valence-corrected chi connectivity index (χ2v) is 9.87. The van der Waals surface area contributed by atoms with Crippen LogP contribution < -0.4 is 9.64 Å². The van der Waals surface area contributed by atoms with Crippen LogP contribution in [0.5, 0.6) is 5.75 Å². The van der Waals surface area contributed by atoms with Crippen LogP contribution in [0.4, 0.5) is 9.52 Å². The van der Waals surface area contributed by atoms with Crippen LogP contribution in [-0.4, -0.2) is 18.6 Å². The van der Waals surface area contributed by atoms with Crippen LogP contribution in [-0.2, 0) is 0 Å². The van der Waals surface area contributed by atoms with Crippen molar-refractivity contribution < 1.29 is 9.13 Å². The number of hydrogen-bond donors (Lipinski definition) is 0. The summed E-state index contributed by atoms with van der Waals surface area (Å²) >= 11 is 8.20. The fraction of sp³-hybridized carbons (Fsp3) is 0.346. The second-order valence-electron chi connectivity index (χ2n) is 8.28. The summed E-state index contributed by atoms with van der Waals surface area (Å²) in [5.41, 5.74) is 3.79. The van der Waals surface area contributed by atoms with Crippen LogP contribution in [0.15, 0.2) is 36.4 Å². The molecule has 0 N–H and O–H groups in total. The number of nitrogens with zero attached hydrogens (tertiary/aromatic N) is 2. The minimum atomic E-state index is -0.237. The van der Waals surface area contributed by atoms with E-state index in [9.17, 15) is 4.39 Å². The molecule has 1 aliphatic rings. The second kappa shape index (κ2) is 9.52. The normalized spacial score (nSPS) is 14.1. The van der Waals surface area contributed by atoms with Gasteiger partial charge in [-0.2, -0.15) is 0 Å². The van der Waals surface area contributed by atoms with E-state index >= 15 is 0 Å². The van der Waals surface area contributed by atoms with Crippen LogP contribution in [0, 0.1) is 37.9 Å². The third-order valence-corrected chi connectivity index (χ3v) is 7.24. The molecule has 6 heteroatoms. The molecule has 1 aromatic heterocycles. The van der Waals surface area contributed by atoms with E-state index in [1.807, 2.05) is 38.1 Å². The highest BCUT2D eigenvalue weighted by Gasteiger charge is 2.31. The average molecular weight is 469 g/mol. The lowest BCUT2D eigenvalue weighted by Crippen LogP contribution is -2.29. The Hall–Kier alpha value is -2.55. The summed E-state index contributed by atoms with van der Waals surface area (Å²) in [6, 6.07) is 10.6. The lowest BCUT2D eigenvalue weighted by molar-refractivity contribution is 0.412. The molecule has 3 aromatic rings. The Morgan fingerprint density at radius 3 is 2.62 bits per heavy atom. The number of methoxy groups -OCH3 is 1. The molecular formula is C26H26ClFN2OS. The molecule has 1 heterocycles. The molecule has 166 valence electrons. The lowest BCUT2D eigenvalue weighted by Gasteiger charge is -2.30. The average Bonchev–Trinajstić information content (AvgIpc) is 3.52. The van der Waals surface area contributed by atoms with Gasteiger partial charge in [-0.15, -0.1) is 17.8 Å². The molecule has 0 unspecified atom stereocenters. The number of rotatable bonds is 8. The molecule has 0 bridgehead atoms. The van der Waals surface area contributed by atoms with Crippen molar-refractivity contribution in [3.05, 3.63) is 63.2 Å². The summed E-state index contributed by atoms with van der Waals surface area (Å²) < 4.78 is 19.0. The molecule has 1 atom stereocenters. The molecule has 0 amide bonds. The lowest BCUT2D eigenvalue weighted by atomic mass is 9.99. The van der Waals surface area contributed by atoms with Crippen molar-refractivity contribution in [1.82, 2.24) is 4.98 Å². The van der Waals surface area contributed by atoms with Gasteiger partial charge in [-0.05, 0) is 61.6 Å². The summed E-state index contributed by atoms with van der Waals surface area (Å²) in [4.78, 5) is 8.24. The third kappa shape index (κ3) is 4.77. The maximum absolute atomic E-state index is 13.6. The molecule has 1 saturated carbocycles. The molecule has 2 aromatic carbocycles. The molecule has 4 rings (SSSR count). The van der Waals surface area contributed by atoms with Gasteiger partial charge >= 0.3 is 0 Å². The van der Waals surface area contributed by atoms with E-state index in [0.29, 0.717) is 17.5 Å². The van der Waals surface area contributed by atoms with Gasteiger partial charge in [0, 0.05) is 10.4 Å². The first-order chi connectivity index (χ1) is 15.4. The van der Waals surface area contributed by atoms with Gasteiger partial charge in [0.15, 0.2) is 5.13 Å². The largest absolute Gasteiger partial charge is 0.496 e. The van der Waals surface area contributed by atoms with Gasteiger partial charge in [0.05, 0.1) is 30.4 Å². The highest BCUT2D eigenvalue weighted by atomic mass is 35.5. The molecule has 0 spiro atoms. The van der Waals surface area contributed by atoms with Crippen LogP contribution in [0.3, 0.4) is 0 Å². The number of ether oxygens (including phenoxy) is 1. The Kier molecular flexibility index (Phi) is 6.74.